The van der Waals surface area contributed by atoms with Gasteiger partial charge < -0.3 is 10.6 Å². The van der Waals surface area contributed by atoms with Crippen LogP contribution in [0.4, 0.5) is 0 Å². The molecule has 3 fully saturated rings. The van der Waals surface area contributed by atoms with Crippen molar-refractivity contribution in [2.75, 3.05) is 32.7 Å². The molecule has 1 amide bonds. The zero-order valence-corrected chi connectivity index (χ0v) is 13.3. The van der Waals surface area contributed by atoms with Crippen molar-refractivity contribution in [1.29, 1.82) is 0 Å². The molecule has 0 aromatic heterocycles. The molecule has 3 aliphatic heterocycles. The third-order valence-corrected chi connectivity index (χ3v) is 5.04. The van der Waals surface area contributed by atoms with Crippen LogP contribution in [0, 0.1) is 5.92 Å². The highest BCUT2D eigenvalue weighted by molar-refractivity contribution is 5.76. The highest BCUT2D eigenvalue weighted by atomic mass is 16.1. The van der Waals surface area contributed by atoms with Crippen molar-refractivity contribution in [1.82, 2.24) is 9.80 Å². The number of aryl methyl sites for hydroxylation is 1. The van der Waals surface area contributed by atoms with Gasteiger partial charge in [-0.3, -0.25) is 9.69 Å². The van der Waals surface area contributed by atoms with Crippen LogP contribution in [0.15, 0.2) is 30.3 Å². The van der Waals surface area contributed by atoms with E-state index in [9.17, 15) is 4.79 Å². The Balaban J connectivity index is 1.50. The first-order valence-corrected chi connectivity index (χ1v) is 8.49. The molecule has 1 aromatic carbocycles. The largest absolute Gasteiger partial charge is 0.369 e. The van der Waals surface area contributed by atoms with E-state index in [1.165, 1.54) is 31.4 Å². The number of nitrogens with zero attached hydrogens (tertiary/aromatic N) is 2. The molecular formula is C18H27N3O. The lowest BCUT2D eigenvalue weighted by Gasteiger charge is -2.35. The third kappa shape index (κ3) is 4.08. The number of amides is 1. The van der Waals surface area contributed by atoms with Gasteiger partial charge in [-0.25, -0.2) is 0 Å². The normalized spacial score (nSPS) is 26.0. The fourth-order valence-corrected chi connectivity index (χ4v) is 4.00. The zero-order chi connectivity index (χ0) is 15.4. The number of benzene rings is 1. The van der Waals surface area contributed by atoms with Crippen molar-refractivity contribution in [2.24, 2.45) is 11.7 Å². The van der Waals surface area contributed by atoms with E-state index in [1.807, 2.05) is 0 Å². The number of carbonyl (C=O) groups is 1. The Hall–Kier alpha value is -1.39. The second-order valence-corrected chi connectivity index (χ2v) is 6.84. The summed E-state index contributed by atoms with van der Waals surface area (Å²) in [5.41, 5.74) is 6.82. The molecule has 120 valence electrons. The number of piperidine rings is 1. The molecule has 2 bridgehead atoms. The second kappa shape index (κ2) is 7.25. The number of rotatable bonds is 6. The molecular weight excluding hydrogens is 274 g/mol. The van der Waals surface area contributed by atoms with Gasteiger partial charge in [0, 0.05) is 25.7 Å². The summed E-state index contributed by atoms with van der Waals surface area (Å²) in [5, 5.41) is 0. The number of hydrogen-bond donors (Lipinski definition) is 1. The molecule has 4 rings (SSSR count). The molecule has 1 aromatic rings. The predicted molar refractivity (Wildman–Crippen MR) is 88.5 cm³/mol. The van der Waals surface area contributed by atoms with Gasteiger partial charge in [-0.15, -0.1) is 0 Å². The van der Waals surface area contributed by atoms with E-state index >= 15 is 0 Å². The van der Waals surface area contributed by atoms with Crippen LogP contribution in [-0.2, 0) is 11.2 Å². The van der Waals surface area contributed by atoms with Crippen LogP contribution < -0.4 is 5.73 Å². The Morgan fingerprint density at radius 3 is 2.73 bits per heavy atom. The van der Waals surface area contributed by atoms with Crippen LogP contribution in [-0.4, -0.2) is 54.5 Å². The van der Waals surface area contributed by atoms with Gasteiger partial charge in [-0.1, -0.05) is 30.3 Å². The van der Waals surface area contributed by atoms with E-state index in [-0.39, 0.29) is 5.91 Å². The van der Waals surface area contributed by atoms with Crippen LogP contribution >= 0.6 is 0 Å². The summed E-state index contributed by atoms with van der Waals surface area (Å²) in [7, 11) is 0. The minimum Gasteiger partial charge on any atom is -0.369 e. The molecule has 0 aliphatic carbocycles. The Morgan fingerprint density at radius 1 is 1.14 bits per heavy atom. The summed E-state index contributed by atoms with van der Waals surface area (Å²) in [4.78, 5) is 16.2. The maximum atomic E-state index is 11.2. The first kappa shape index (κ1) is 15.5. The summed E-state index contributed by atoms with van der Waals surface area (Å²) < 4.78 is 0. The monoisotopic (exact) mass is 301 g/mol. The number of fused-ring (bicyclic) bond motifs is 4. The summed E-state index contributed by atoms with van der Waals surface area (Å²) in [6, 6.07) is 11.2. The van der Waals surface area contributed by atoms with E-state index in [4.69, 9.17) is 5.73 Å². The quantitative estimate of drug-likeness (QED) is 0.866. The summed E-state index contributed by atoms with van der Waals surface area (Å²) in [6.45, 7) is 4.91. The molecule has 3 heterocycles. The Kier molecular flexibility index (Phi) is 5.11. The molecule has 22 heavy (non-hydrogen) atoms. The van der Waals surface area contributed by atoms with Crippen LogP contribution in [0.25, 0.3) is 0 Å². The summed E-state index contributed by atoms with van der Waals surface area (Å²) in [5.74, 6) is 0.512. The maximum absolute atomic E-state index is 11.2. The van der Waals surface area contributed by atoms with Gasteiger partial charge in [-0.2, -0.15) is 0 Å². The first-order chi connectivity index (χ1) is 10.7. The second-order valence-electron chi connectivity index (χ2n) is 6.84. The van der Waals surface area contributed by atoms with Gasteiger partial charge in [-0.05, 0) is 43.7 Å². The van der Waals surface area contributed by atoms with Crippen molar-refractivity contribution in [3.8, 4) is 0 Å². The summed E-state index contributed by atoms with van der Waals surface area (Å²) >= 11 is 0. The lowest BCUT2D eigenvalue weighted by molar-refractivity contribution is -0.120. The van der Waals surface area contributed by atoms with Crippen LogP contribution in [0.3, 0.4) is 0 Å². The van der Waals surface area contributed by atoms with Gasteiger partial charge >= 0.3 is 0 Å². The predicted octanol–water partition coefficient (Wildman–Crippen LogP) is 1.50. The number of nitrogens with two attached hydrogens (primary N) is 1. The maximum Gasteiger partial charge on any atom is 0.231 e. The van der Waals surface area contributed by atoms with E-state index in [0.29, 0.717) is 18.5 Å². The van der Waals surface area contributed by atoms with Gasteiger partial charge in [0.15, 0.2) is 0 Å². The first-order valence-electron chi connectivity index (χ1n) is 8.49. The standard InChI is InChI=1S/C18H27N3O/c19-18(22)14-21-12-16-8-9-17(21)13-20(11-16)10-4-7-15-5-2-1-3-6-15/h1-3,5-6,16-17H,4,7-14H2,(H2,19,22)/t16-,17+/m1/s1. The molecule has 0 spiro atoms. The molecule has 0 saturated carbocycles. The SMILES string of the molecule is NC(=O)CN1C[C@@H]2CC[C@H]1CN(CCCc1ccccc1)C2. The summed E-state index contributed by atoms with van der Waals surface area (Å²) in [6.07, 6.45) is 4.87. The van der Waals surface area contributed by atoms with Crippen LogP contribution in [0.5, 0.6) is 0 Å². The topological polar surface area (TPSA) is 49.6 Å². The van der Waals surface area contributed by atoms with Gasteiger partial charge in [0.1, 0.15) is 0 Å². The Morgan fingerprint density at radius 2 is 1.95 bits per heavy atom. The minimum absolute atomic E-state index is 0.192. The number of hydrogen-bond acceptors (Lipinski definition) is 3. The van der Waals surface area contributed by atoms with Crippen molar-refractivity contribution in [3.05, 3.63) is 35.9 Å². The van der Waals surface area contributed by atoms with Gasteiger partial charge in [0.25, 0.3) is 0 Å². The van der Waals surface area contributed by atoms with Crippen LogP contribution in [0.1, 0.15) is 24.8 Å². The average molecular weight is 301 g/mol. The van der Waals surface area contributed by atoms with Gasteiger partial charge in [0.05, 0.1) is 6.54 Å². The Bertz CT molecular complexity index is 490. The Labute approximate surface area is 133 Å². The smallest absolute Gasteiger partial charge is 0.231 e. The van der Waals surface area contributed by atoms with Gasteiger partial charge in [0.2, 0.25) is 5.91 Å². The van der Waals surface area contributed by atoms with Crippen molar-refractivity contribution >= 4 is 5.91 Å². The third-order valence-electron chi connectivity index (χ3n) is 5.04. The number of carbonyl (C=O) groups excluding carboxylic acids is 1. The fraction of sp³-hybridized carbons (Fsp3) is 0.611. The minimum atomic E-state index is -0.192. The van der Waals surface area contributed by atoms with Crippen molar-refractivity contribution in [3.63, 3.8) is 0 Å². The van der Waals surface area contributed by atoms with E-state index in [0.717, 1.165) is 26.1 Å². The highest BCUT2D eigenvalue weighted by Gasteiger charge is 2.34. The molecule has 0 unspecified atom stereocenters. The zero-order valence-electron chi connectivity index (χ0n) is 13.3. The average Bonchev–Trinajstić information content (AvgIpc) is 2.78. The number of primary amides is 1. The lowest BCUT2D eigenvalue weighted by Crippen LogP contribution is -2.47. The molecule has 3 saturated heterocycles. The highest BCUT2D eigenvalue weighted by Crippen LogP contribution is 2.27. The lowest BCUT2D eigenvalue weighted by atomic mass is 9.95. The molecule has 0 radical (unpaired) electrons. The molecule has 4 heteroatoms. The molecule has 2 N–H and O–H groups in total. The van der Waals surface area contributed by atoms with E-state index in [1.54, 1.807) is 0 Å². The van der Waals surface area contributed by atoms with Crippen LogP contribution in [0.2, 0.25) is 0 Å². The molecule has 3 aliphatic rings. The molecule has 4 nitrogen and oxygen atoms in total. The van der Waals surface area contributed by atoms with E-state index < -0.39 is 0 Å². The van der Waals surface area contributed by atoms with Crippen molar-refractivity contribution < 1.29 is 4.79 Å². The fourth-order valence-electron chi connectivity index (χ4n) is 4.00. The van der Waals surface area contributed by atoms with E-state index in [2.05, 4.69) is 40.1 Å². The van der Waals surface area contributed by atoms with Crippen molar-refractivity contribution in [2.45, 2.75) is 31.7 Å². The molecule has 2 atom stereocenters.